The molecule has 0 saturated carbocycles. The maximum Gasteiger partial charge on any atom is 0.310 e. The van der Waals surface area contributed by atoms with Gasteiger partial charge in [0.15, 0.2) is 0 Å². The van der Waals surface area contributed by atoms with E-state index in [-0.39, 0.29) is 47.6 Å². The summed E-state index contributed by atoms with van der Waals surface area (Å²) < 4.78 is 4.79. The Balaban J connectivity index is 1.86. The zero-order valence-electron chi connectivity index (χ0n) is 23.8. The third-order valence-electron chi connectivity index (χ3n) is 8.93. The molecule has 3 saturated heterocycles. The molecule has 1 aromatic rings. The van der Waals surface area contributed by atoms with E-state index in [4.69, 9.17) is 4.74 Å². The zero-order valence-corrected chi connectivity index (χ0v) is 26.2. The summed E-state index contributed by atoms with van der Waals surface area (Å²) in [5.41, 5.74) is 2.70. The molecule has 3 aliphatic heterocycles. The number of fused-ring (bicyclic) bond motifs is 1. The minimum absolute atomic E-state index is 0.0486. The molecule has 2 bridgehead atoms. The van der Waals surface area contributed by atoms with Crippen molar-refractivity contribution in [1.29, 1.82) is 0 Å². The van der Waals surface area contributed by atoms with Crippen molar-refractivity contribution >= 4 is 51.2 Å². The van der Waals surface area contributed by atoms with Gasteiger partial charge in [-0.2, -0.15) is 0 Å². The molecule has 0 aromatic heterocycles. The van der Waals surface area contributed by atoms with Gasteiger partial charge in [-0.3, -0.25) is 14.4 Å². The van der Waals surface area contributed by atoms with Gasteiger partial charge in [0, 0.05) is 22.3 Å². The molecule has 0 radical (unpaired) electrons. The summed E-state index contributed by atoms with van der Waals surface area (Å²) in [5.74, 6) is -2.28. The number of aliphatic hydroxyl groups excluding tert-OH is 1. The molecule has 1 N–H and O–H groups in total. The third-order valence-corrected chi connectivity index (χ3v) is 12.2. The maximum atomic E-state index is 14.9. The molecule has 3 unspecified atom stereocenters. The first kappa shape index (κ1) is 30.8. The molecule has 1 aromatic carbocycles. The van der Waals surface area contributed by atoms with E-state index in [1.54, 1.807) is 33.7 Å². The number of alkyl halides is 1. The van der Waals surface area contributed by atoms with Gasteiger partial charge in [0.1, 0.15) is 6.04 Å². The quantitative estimate of drug-likeness (QED) is 0.154. The Morgan fingerprint density at radius 2 is 1.98 bits per heavy atom. The van der Waals surface area contributed by atoms with Crippen LogP contribution in [0.3, 0.4) is 0 Å². The number of para-hydroxylation sites is 1. The van der Waals surface area contributed by atoms with E-state index in [0.29, 0.717) is 12.8 Å². The van der Waals surface area contributed by atoms with Crippen LogP contribution >= 0.6 is 27.7 Å². The number of aryl methyl sites for hydroxylation is 2. The van der Waals surface area contributed by atoms with Crippen molar-refractivity contribution in [1.82, 2.24) is 4.90 Å². The molecule has 2 amide bonds. The fraction of sp³-hybridized carbons (Fsp3) is 0.581. The summed E-state index contributed by atoms with van der Waals surface area (Å²) in [5, 5.41) is 10.4. The van der Waals surface area contributed by atoms with Gasteiger partial charge in [0.05, 0.1) is 35.8 Å². The second kappa shape index (κ2) is 12.4. The molecule has 40 heavy (non-hydrogen) atoms. The molecule has 8 atom stereocenters. The summed E-state index contributed by atoms with van der Waals surface area (Å²) in [4.78, 5) is 46.2. The number of rotatable bonds is 12. The van der Waals surface area contributed by atoms with Gasteiger partial charge in [-0.1, -0.05) is 66.5 Å². The Morgan fingerprint density at radius 1 is 1.30 bits per heavy atom. The fourth-order valence-corrected chi connectivity index (χ4v) is 10.5. The van der Waals surface area contributed by atoms with Crippen LogP contribution in [0.5, 0.6) is 0 Å². The first-order valence-corrected chi connectivity index (χ1v) is 15.9. The fourth-order valence-electron chi connectivity index (χ4n) is 6.93. The molecule has 9 heteroatoms. The predicted molar refractivity (Wildman–Crippen MR) is 164 cm³/mol. The number of halogens is 1. The second-order valence-electron chi connectivity index (χ2n) is 11.3. The summed E-state index contributed by atoms with van der Waals surface area (Å²) in [6.45, 7) is 15.8. The van der Waals surface area contributed by atoms with Gasteiger partial charge in [-0.25, -0.2) is 0 Å². The van der Waals surface area contributed by atoms with Crippen molar-refractivity contribution in [2.24, 2.45) is 17.8 Å². The molecule has 218 valence electrons. The molecule has 3 aliphatic rings. The predicted octanol–water partition coefficient (Wildman–Crippen LogP) is 4.81. The third kappa shape index (κ3) is 4.96. The van der Waals surface area contributed by atoms with Crippen molar-refractivity contribution in [2.75, 3.05) is 24.7 Å². The lowest BCUT2D eigenvalue weighted by molar-refractivity contribution is -0.154. The Morgan fingerprint density at radius 3 is 2.55 bits per heavy atom. The van der Waals surface area contributed by atoms with Gasteiger partial charge in [0.2, 0.25) is 5.91 Å². The summed E-state index contributed by atoms with van der Waals surface area (Å²) in [7, 11) is 0. The maximum absolute atomic E-state index is 14.9. The first-order valence-electron chi connectivity index (χ1n) is 14.1. The Labute approximate surface area is 250 Å². The average molecular weight is 634 g/mol. The first-order chi connectivity index (χ1) is 19.1. The SMILES string of the molecule is C=CCCOC(=O)[C@H]1[C@@H]2SC3(CC2Br)C(C(=O)N(CC=C)c2c(C)cccc2C)N([C@@H](CO)[C@@H](C)CC)C(=O)[C@H]13. The number of anilines is 1. The Hall–Kier alpha value is -2.10. The van der Waals surface area contributed by atoms with Crippen LogP contribution in [0.2, 0.25) is 0 Å². The number of aliphatic hydroxyl groups is 1. The minimum Gasteiger partial charge on any atom is -0.465 e. The topological polar surface area (TPSA) is 87.2 Å². The number of hydrogen-bond donors (Lipinski definition) is 1. The number of thioether (sulfide) groups is 1. The van der Waals surface area contributed by atoms with Crippen molar-refractivity contribution in [2.45, 2.75) is 73.9 Å². The standard InChI is InChI=1S/C31H41BrN2O5S/c1-7-10-15-39-30(38)23-24-28(36)34(22(17-35)18(4)9-3)27(31(24)16-21(32)26(23)40-31)29(37)33(14-8-2)25-19(5)12-11-13-20(25)6/h7-8,11-13,18,21-24,26-27,35H,1-2,9-10,14-17H2,3-6H3/t18-,21?,22-,23+,24-,26+,27?,31?/m0/s1. The molecule has 1 spiro atoms. The zero-order chi connectivity index (χ0) is 29.4. The largest absolute Gasteiger partial charge is 0.465 e. The van der Waals surface area contributed by atoms with E-state index < -0.39 is 34.6 Å². The smallest absolute Gasteiger partial charge is 0.310 e. The second-order valence-corrected chi connectivity index (χ2v) is 14.0. The number of ether oxygens (including phenoxy) is 1. The lowest BCUT2D eigenvalue weighted by Crippen LogP contribution is -2.59. The van der Waals surface area contributed by atoms with Crippen molar-refractivity contribution < 1.29 is 24.2 Å². The lowest BCUT2D eigenvalue weighted by atomic mass is 9.71. The van der Waals surface area contributed by atoms with Crippen LogP contribution in [0.1, 0.15) is 44.2 Å². The van der Waals surface area contributed by atoms with E-state index in [1.165, 1.54) is 0 Å². The molecule has 7 nitrogen and oxygen atoms in total. The highest BCUT2D eigenvalue weighted by Gasteiger charge is 2.77. The van der Waals surface area contributed by atoms with E-state index >= 15 is 0 Å². The van der Waals surface area contributed by atoms with Crippen LogP contribution < -0.4 is 4.90 Å². The highest BCUT2D eigenvalue weighted by atomic mass is 79.9. The van der Waals surface area contributed by atoms with Crippen LogP contribution in [0.15, 0.2) is 43.5 Å². The molecule has 3 fully saturated rings. The summed E-state index contributed by atoms with van der Waals surface area (Å²) >= 11 is 5.38. The van der Waals surface area contributed by atoms with Crippen molar-refractivity contribution in [3.63, 3.8) is 0 Å². The monoisotopic (exact) mass is 632 g/mol. The molecule has 0 aliphatic carbocycles. The number of carbonyl (C=O) groups excluding carboxylic acids is 3. The molecule has 3 heterocycles. The van der Waals surface area contributed by atoms with E-state index in [0.717, 1.165) is 23.2 Å². The number of amides is 2. The van der Waals surface area contributed by atoms with Crippen LogP contribution in [0.4, 0.5) is 5.69 Å². The van der Waals surface area contributed by atoms with Gasteiger partial charge in [-0.15, -0.1) is 24.9 Å². The van der Waals surface area contributed by atoms with E-state index in [2.05, 4.69) is 29.1 Å². The van der Waals surface area contributed by atoms with Gasteiger partial charge < -0.3 is 19.6 Å². The molecular weight excluding hydrogens is 592 g/mol. The van der Waals surface area contributed by atoms with Crippen LogP contribution in [-0.2, 0) is 19.1 Å². The number of hydrogen-bond acceptors (Lipinski definition) is 6. The van der Waals surface area contributed by atoms with Crippen LogP contribution in [0.25, 0.3) is 0 Å². The number of nitrogens with zero attached hydrogens (tertiary/aromatic N) is 2. The van der Waals surface area contributed by atoms with Gasteiger partial charge in [-0.05, 0) is 43.7 Å². The minimum atomic E-state index is -0.851. The normalized spacial score (nSPS) is 30.1. The highest BCUT2D eigenvalue weighted by molar-refractivity contribution is 9.09. The highest BCUT2D eigenvalue weighted by Crippen LogP contribution is 2.68. The summed E-state index contributed by atoms with van der Waals surface area (Å²) in [6.07, 6.45) is 5.21. The molecular formula is C31H41BrN2O5S. The average Bonchev–Trinajstić information content (AvgIpc) is 3.51. The van der Waals surface area contributed by atoms with E-state index in [1.807, 2.05) is 45.9 Å². The van der Waals surface area contributed by atoms with Crippen molar-refractivity contribution in [3.05, 3.63) is 54.6 Å². The van der Waals surface area contributed by atoms with Gasteiger partial charge >= 0.3 is 5.97 Å². The van der Waals surface area contributed by atoms with E-state index in [9.17, 15) is 19.5 Å². The number of carbonyl (C=O) groups is 3. The van der Waals surface area contributed by atoms with Crippen LogP contribution in [-0.4, -0.2) is 74.5 Å². The van der Waals surface area contributed by atoms with Crippen molar-refractivity contribution in [3.8, 4) is 0 Å². The summed E-state index contributed by atoms with van der Waals surface area (Å²) in [6, 6.07) is 4.50. The Bertz CT molecular complexity index is 1160. The number of benzene rings is 1. The van der Waals surface area contributed by atoms with Crippen LogP contribution in [0, 0.1) is 31.6 Å². The lowest BCUT2D eigenvalue weighted by Gasteiger charge is -2.41. The number of likely N-dealkylation sites (tertiary alicyclic amines) is 1. The number of esters is 1. The van der Waals surface area contributed by atoms with Gasteiger partial charge in [0.25, 0.3) is 5.91 Å². The molecule has 4 rings (SSSR count). The Kier molecular flexibility index (Phi) is 9.57.